The monoisotopic (exact) mass is 680 g/mol. The van der Waals surface area contributed by atoms with Crippen LogP contribution in [0.3, 0.4) is 0 Å². The fourth-order valence-corrected chi connectivity index (χ4v) is 9.54. The van der Waals surface area contributed by atoms with E-state index >= 15 is 9.59 Å². The highest BCUT2D eigenvalue weighted by Crippen LogP contribution is 2.59. The van der Waals surface area contributed by atoms with Crippen LogP contribution in [0.1, 0.15) is 70.8 Å². The van der Waals surface area contributed by atoms with Crippen LogP contribution in [0.5, 0.6) is 11.6 Å². The van der Waals surface area contributed by atoms with Crippen LogP contribution in [0.2, 0.25) is 18.1 Å². The van der Waals surface area contributed by atoms with E-state index in [-0.39, 0.29) is 34.8 Å². The molecule has 4 aromatic rings. The molecule has 5 atom stereocenters. The second-order valence-corrected chi connectivity index (χ2v) is 20.2. The zero-order valence-corrected chi connectivity index (χ0v) is 30.5. The van der Waals surface area contributed by atoms with Crippen molar-refractivity contribution >= 4 is 36.4 Å². The van der Waals surface area contributed by atoms with Crippen LogP contribution in [0, 0.1) is 17.8 Å². The van der Waals surface area contributed by atoms with Crippen molar-refractivity contribution in [1.82, 2.24) is 10.1 Å². The Kier molecular flexibility index (Phi) is 8.00. The number of benzene rings is 3. The maximum Gasteiger partial charge on any atom is 0.265 e. The van der Waals surface area contributed by atoms with Crippen molar-refractivity contribution < 1.29 is 32.8 Å². The first-order valence-corrected chi connectivity index (χ1v) is 19.9. The van der Waals surface area contributed by atoms with Gasteiger partial charge in [0, 0.05) is 11.3 Å². The number of ketones is 3. The lowest BCUT2D eigenvalue weighted by atomic mass is 9.54. The number of aromatic nitrogens is 1. The lowest BCUT2D eigenvalue weighted by molar-refractivity contribution is -0.151. The van der Waals surface area contributed by atoms with E-state index in [2.05, 4.69) is 25.9 Å². The van der Waals surface area contributed by atoms with Crippen molar-refractivity contribution in [2.24, 2.45) is 17.8 Å². The summed E-state index contributed by atoms with van der Waals surface area (Å²) >= 11 is 0. The average molecular weight is 681 g/mol. The molecule has 0 radical (unpaired) electrons. The van der Waals surface area contributed by atoms with E-state index in [1.165, 1.54) is 0 Å². The Labute approximate surface area is 288 Å². The molecule has 3 aromatic carbocycles. The van der Waals surface area contributed by atoms with Crippen LogP contribution >= 0.6 is 0 Å². The standard InChI is InChI=1S/C39H44N2O7Si/c1-38(2,3)49(7,8)48-39-27(31(41(4)5)34-30(36(39)44)37(40-47-34)46-21-22-14-10-9-11-15-22)20-25-19-24-18-23-16-12-13-17-26(23)33(45-6)28(24)32(42)29(25)35(39)43/h9-18,25,27,29,31H,19-21H2,1-8H3/t25-,27-,29?,31-,39-/m0/s1. The highest BCUT2D eigenvalue weighted by Gasteiger charge is 2.70. The van der Waals surface area contributed by atoms with Crippen molar-refractivity contribution in [3.63, 3.8) is 0 Å². The van der Waals surface area contributed by atoms with E-state index in [0.29, 0.717) is 29.9 Å². The second-order valence-electron chi connectivity index (χ2n) is 15.5. The Bertz CT molecular complexity index is 1980. The molecule has 10 heteroatoms. The number of ether oxygens (including phenoxy) is 2. The predicted octanol–water partition coefficient (Wildman–Crippen LogP) is 7.24. The summed E-state index contributed by atoms with van der Waals surface area (Å²) < 4.78 is 25.2. The zero-order chi connectivity index (χ0) is 35.0. The fourth-order valence-electron chi connectivity index (χ4n) is 8.09. The summed E-state index contributed by atoms with van der Waals surface area (Å²) in [5.41, 5.74) is 0.333. The second kappa shape index (κ2) is 11.7. The van der Waals surface area contributed by atoms with Gasteiger partial charge in [0.25, 0.3) is 5.88 Å². The Morgan fingerprint density at radius 1 is 1.00 bits per heavy atom. The summed E-state index contributed by atoms with van der Waals surface area (Å²) in [4.78, 5) is 47.6. The minimum Gasteiger partial charge on any atom is -0.495 e. The van der Waals surface area contributed by atoms with Gasteiger partial charge in [-0.15, -0.1) is 0 Å². The molecule has 1 saturated carbocycles. The molecule has 1 heterocycles. The molecular formula is C39H44N2O7Si. The SMILES string of the molecule is COc1c2c(cc3ccccc13)C[C@H]1C[C@H]3[C@H](N(C)C)c4onc(OCc5ccccc5)c4C(=O)[C@@]3(O[Si](C)(C)C(C)(C)C)C(=O)C1C2=O. The fraction of sp³-hybridized carbons (Fsp3) is 0.436. The van der Waals surface area contributed by atoms with Crippen molar-refractivity contribution in [2.45, 2.75) is 70.0 Å². The third kappa shape index (κ3) is 5.01. The van der Waals surface area contributed by atoms with Crippen molar-refractivity contribution in [1.29, 1.82) is 0 Å². The van der Waals surface area contributed by atoms with Gasteiger partial charge in [-0.25, -0.2) is 0 Å². The van der Waals surface area contributed by atoms with Crippen molar-refractivity contribution in [3.8, 4) is 11.6 Å². The number of rotatable bonds is 7. The third-order valence-electron chi connectivity index (χ3n) is 11.4. The number of hydrogen-bond acceptors (Lipinski definition) is 9. The molecule has 3 aliphatic rings. The summed E-state index contributed by atoms with van der Waals surface area (Å²) in [6, 6.07) is 18.9. The Hall–Kier alpha value is -4.12. The highest BCUT2D eigenvalue weighted by molar-refractivity contribution is 6.74. The van der Waals surface area contributed by atoms with E-state index in [9.17, 15) is 4.79 Å². The number of carbonyl (C=O) groups is 3. The predicted molar refractivity (Wildman–Crippen MR) is 188 cm³/mol. The molecule has 0 N–H and O–H groups in total. The van der Waals surface area contributed by atoms with Crippen LogP contribution in [0.15, 0.2) is 65.2 Å². The van der Waals surface area contributed by atoms with Gasteiger partial charge in [0.1, 0.15) is 17.9 Å². The Morgan fingerprint density at radius 3 is 2.37 bits per heavy atom. The molecule has 0 saturated heterocycles. The van der Waals surface area contributed by atoms with Gasteiger partial charge in [-0.1, -0.05) is 81.4 Å². The van der Waals surface area contributed by atoms with Gasteiger partial charge in [0.15, 0.2) is 31.2 Å². The van der Waals surface area contributed by atoms with Gasteiger partial charge in [-0.05, 0) is 72.7 Å². The first-order chi connectivity index (χ1) is 23.2. The lowest BCUT2D eigenvalue weighted by Gasteiger charge is -2.56. The number of fused-ring (bicyclic) bond motifs is 5. The lowest BCUT2D eigenvalue weighted by Crippen LogP contribution is -2.70. The van der Waals surface area contributed by atoms with Crippen molar-refractivity contribution in [3.05, 3.63) is 88.7 Å². The summed E-state index contributed by atoms with van der Waals surface area (Å²) in [5, 5.41) is 5.69. The van der Waals surface area contributed by atoms with Crippen LogP contribution in [0.25, 0.3) is 10.8 Å². The zero-order valence-electron chi connectivity index (χ0n) is 29.5. The first-order valence-electron chi connectivity index (χ1n) is 17.0. The van der Waals surface area contributed by atoms with Crippen LogP contribution in [0.4, 0.5) is 0 Å². The summed E-state index contributed by atoms with van der Waals surface area (Å²) in [5.74, 6) is -2.54. The molecule has 1 fully saturated rings. The van der Waals surface area contributed by atoms with E-state index in [4.69, 9.17) is 18.4 Å². The van der Waals surface area contributed by atoms with E-state index in [0.717, 1.165) is 21.9 Å². The minimum absolute atomic E-state index is 0.0238. The molecule has 1 aromatic heterocycles. The minimum atomic E-state index is -2.84. The highest BCUT2D eigenvalue weighted by atomic mass is 28.4. The number of nitrogens with zero attached hydrogens (tertiary/aromatic N) is 2. The average Bonchev–Trinajstić information content (AvgIpc) is 3.47. The van der Waals surface area contributed by atoms with Crippen molar-refractivity contribution in [2.75, 3.05) is 21.2 Å². The van der Waals surface area contributed by atoms with Gasteiger partial charge in [0.2, 0.25) is 5.78 Å². The quantitative estimate of drug-likeness (QED) is 0.148. The normalized spacial score (nSPS) is 25.1. The van der Waals surface area contributed by atoms with Crippen LogP contribution in [-0.4, -0.2) is 62.5 Å². The molecule has 7 rings (SSSR count). The smallest absolute Gasteiger partial charge is 0.265 e. The molecule has 256 valence electrons. The molecular weight excluding hydrogens is 637 g/mol. The first kappa shape index (κ1) is 33.4. The number of Topliss-reactive ketones (excluding diaryl/α,β-unsaturated/α-hetero) is 3. The van der Waals surface area contributed by atoms with Gasteiger partial charge < -0.3 is 18.4 Å². The molecule has 0 bridgehead atoms. The summed E-state index contributed by atoms with van der Waals surface area (Å²) in [6.45, 7) is 10.5. The third-order valence-corrected chi connectivity index (χ3v) is 15.8. The van der Waals surface area contributed by atoms with Gasteiger partial charge in [-0.3, -0.25) is 19.3 Å². The van der Waals surface area contributed by atoms with Crippen LogP contribution < -0.4 is 9.47 Å². The number of methoxy groups -OCH3 is 1. The summed E-state index contributed by atoms with van der Waals surface area (Å²) in [6.07, 6.45) is 0.897. The maximum absolute atomic E-state index is 15.5. The molecule has 1 unspecified atom stereocenters. The molecule has 0 aliphatic heterocycles. The maximum atomic E-state index is 15.5. The molecule has 49 heavy (non-hydrogen) atoms. The summed E-state index contributed by atoms with van der Waals surface area (Å²) in [7, 11) is 2.53. The van der Waals surface area contributed by atoms with Gasteiger partial charge >= 0.3 is 0 Å². The molecule has 3 aliphatic carbocycles. The van der Waals surface area contributed by atoms with Gasteiger partial charge in [0.05, 0.1) is 24.6 Å². The Morgan fingerprint density at radius 2 is 1.69 bits per heavy atom. The molecule has 0 amide bonds. The van der Waals surface area contributed by atoms with Gasteiger partial charge in [-0.2, -0.15) is 0 Å². The number of hydrogen-bond donors (Lipinski definition) is 0. The van der Waals surface area contributed by atoms with E-state index in [1.54, 1.807) is 7.11 Å². The topological polar surface area (TPSA) is 108 Å². The van der Waals surface area contributed by atoms with E-state index < -0.39 is 43.4 Å². The molecule has 9 nitrogen and oxygen atoms in total. The molecule has 0 spiro atoms. The largest absolute Gasteiger partial charge is 0.495 e. The number of carbonyl (C=O) groups excluding carboxylic acids is 3. The Balaban J connectivity index is 1.41. The van der Waals surface area contributed by atoms with Crippen LogP contribution in [-0.2, 0) is 22.2 Å². The van der Waals surface area contributed by atoms with E-state index in [1.807, 2.05) is 92.8 Å².